The van der Waals surface area contributed by atoms with Crippen LogP contribution in [0.3, 0.4) is 0 Å². The lowest BCUT2D eigenvalue weighted by atomic mass is 10.1. The molecule has 0 N–H and O–H groups in total. The fourth-order valence-corrected chi connectivity index (χ4v) is 2.54. The first-order valence-corrected chi connectivity index (χ1v) is 7.72. The summed E-state index contributed by atoms with van der Waals surface area (Å²) in [6, 6.07) is 19.4. The molecule has 1 amide bonds. The number of hydrogen-bond acceptors (Lipinski definition) is 3. The van der Waals surface area contributed by atoms with Crippen molar-refractivity contribution in [3.63, 3.8) is 0 Å². The van der Waals surface area contributed by atoms with E-state index < -0.39 is 0 Å². The van der Waals surface area contributed by atoms with Gasteiger partial charge in [-0.3, -0.25) is 4.79 Å². The Hall–Kier alpha value is -2.51. The molecule has 2 aromatic rings. The van der Waals surface area contributed by atoms with Crippen LogP contribution in [0.1, 0.15) is 18.1 Å². The SMILES string of the molecule is CC(=O)N(Cc1ccccc1)C(=CSC#N)c1ccccc1. The third-order valence-electron chi connectivity index (χ3n) is 3.15. The van der Waals surface area contributed by atoms with Crippen molar-refractivity contribution >= 4 is 23.4 Å². The van der Waals surface area contributed by atoms with Crippen molar-refractivity contribution in [3.8, 4) is 5.40 Å². The molecule has 0 aromatic heterocycles. The molecule has 0 aliphatic rings. The number of nitriles is 1. The summed E-state index contributed by atoms with van der Waals surface area (Å²) in [6.45, 7) is 2.01. The highest BCUT2D eigenvalue weighted by Gasteiger charge is 2.16. The molecule has 0 unspecified atom stereocenters. The average Bonchev–Trinajstić information content (AvgIpc) is 2.56. The molecule has 0 bridgehead atoms. The summed E-state index contributed by atoms with van der Waals surface area (Å²) in [5.74, 6) is -0.0579. The van der Waals surface area contributed by atoms with Crippen molar-refractivity contribution in [2.45, 2.75) is 13.5 Å². The number of carbonyl (C=O) groups is 1. The number of nitrogens with zero attached hydrogens (tertiary/aromatic N) is 2. The molecule has 0 aliphatic carbocycles. The Morgan fingerprint density at radius 1 is 1.14 bits per heavy atom. The van der Waals surface area contributed by atoms with Gasteiger partial charge < -0.3 is 4.90 Å². The Bertz CT molecular complexity index is 690. The number of carbonyl (C=O) groups excluding carboxylic acids is 1. The quantitative estimate of drug-likeness (QED) is 0.776. The topological polar surface area (TPSA) is 44.1 Å². The van der Waals surface area contributed by atoms with E-state index in [9.17, 15) is 4.79 Å². The van der Waals surface area contributed by atoms with E-state index in [1.54, 1.807) is 10.3 Å². The maximum absolute atomic E-state index is 12.1. The minimum atomic E-state index is -0.0579. The first-order chi connectivity index (χ1) is 10.7. The summed E-state index contributed by atoms with van der Waals surface area (Å²) in [5.41, 5.74) is 2.70. The van der Waals surface area contributed by atoms with E-state index in [0.717, 1.165) is 28.6 Å². The number of thiocyanates is 1. The predicted molar refractivity (Wildman–Crippen MR) is 90.3 cm³/mol. The molecule has 0 spiro atoms. The molecule has 0 heterocycles. The molecule has 0 saturated carbocycles. The van der Waals surface area contributed by atoms with Crippen molar-refractivity contribution in [1.29, 1.82) is 5.26 Å². The molecule has 0 saturated heterocycles. The summed E-state index contributed by atoms with van der Waals surface area (Å²) in [4.78, 5) is 13.8. The van der Waals surface area contributed by atoms with Gasteiger partial charge in [0.1, 0.15) is 5.40 Å². The predicted octanol–water partition coefficient (Wildman–Crippen LogP) is 4.25. The van der Waals surface area contributed by atoms with Gasteiger partial charge in [-0.15, -0.1) is 0 Å². The molecule has 110 valence electrons. The van der Waals surface area contributed by atoms with Crippen molar-refractivity contribution < 1.29 is 4.79 Å². The van der Waals surface area contributed by atoms with Gasteiger partial charge in [-0.05, 0) is 22.9 Å². The summed E-state index contributed by atoms with van der Waals surface area (Å²) in [5, 5.41) is 12.6. The van der Waals surface area contributed by atoms with Gasteiger partial charge in [0, 0.05) is 12.3 Å². The van der Waals surface area contributed by atoms with E-state index in [1.807, 2.05) is 66.1 Å². The van der Waals surface area contributed by atoms with E-state index in [0.29, 0.717) is 6.54 Å². The van der Waals surface area contributed by atoms with Gasteiger partial charge >= 0.3 is 0 Å². The Morgan fingerprint density at radius 3 is 2.27 bits per heavy atom. The van der Waals surface area contributed by atoms with Gasteiger partial charge in [0.2, 0.25) is 5.91 Å². The molecule has 0 aliphatic heterocycles. The first-order valence-electron chi connectivity index (χ1n) is 6.84. The van der Waals surface area contributed by atoms with Crippen LogP contribution in [0.5, 0.6) is 0 Å². The van der Waals surface area contributed by atoms with Crippen LogP contribution < -0.4 is 0 Å². The van der Waals surface area contributed by atoms with E-state index in [4.69, 9.17) is 5.26 Å². The van der Waals surface area contributed by atoms with E-state index in [2.05, 4.69) is 0 Å². The smallest absolute Gasteiger partial charge is 0.224 e. The zero-order valence-corrected chi connectivity index (χ0v) is 13.1. The second kappa shape index (κ2) is 8.06. The van der Waals surface area contributed by atoms with Crippen LogP contribution in [0.25, 0.3) is 5.70 Å². The molecule has 3 nitrogen and oxygen atoms in total. The normalized spacial score (nSPS) is 10.8. The Balaban J connectivity index is 2.37. The van der Waals surface area contributed by atoms with Gasteiger partial charge in [0.25, 0.3) is 0 Å². The fraction of sp³-hybridized carbons (Fsp3) is 0.111. The van der Waals surface area contributed by atoms with Crippen LogP contribution >= 0.6 is 11.8 Å². The highest BCUT2D eigenvalue weighted by Crippen LogP contribution is 2.24. The number of benzene rings is 2. The molecule has 4 heteroatoms. The summed E-state index contributed by atoms with van der Waals surface area (Å²) in [6.07, 6.45) is 0. The summed E-state index contributed by atoms with van der Waals surface area (Å²) < 4.78 is 0. The standard InChI is InChI=1S/C18H16N2OS/c1-15(21)20(12-16-8-4-2-5-9-16)18(13-22-14-19)17-10-6-3-7-11-17/h2-11,13H,12H2,1H3. The summed E-state index contributed by atoms with van der Waals surface area (Å²) >= 11 is 1.02. The largest absolute Gasteiger partial charge is 0.307 e. The van der Waals surface area contributed by atoms with Crippen molar-refractivity contribution in [3.05, 3.63) is 77.2 Å². The molecule has 0 radical (unpaired) electrons. The minimum absolute atomic E-state index is 0.0579. The van der Waals surface area contributed by atoms with E-state index in [-0.39, 0.29) is 5.91 Å². The number of rotatable bonds is 5. The Labute approximate surface area is 134 Å². The second-order valence-electron chi connectivity index (χ2n) is 4.67. The van der Waals surface area contributed by atoms with Gasteiger partial charge in [-0.1, -0.05) is 60.7 Å². The van der Waals surface area contributed by atoms with Crippen LogP contribution in [0, 0.1) is 10.7 Å². The Morgan fingerprint density at radius 2 is 1.73 bits per heavy atom. The van der Waals surface area contributed by atoms with Crippen molar-refractivity contribution in [2.24, 2.45) is 0 Å². The van der Waals surface area contributed by atoms with Gasteiger partial charge in [-0.2, -0.15) is 5.26 Å². The number of thioether (sulfide) groups is 1. The lowest BCUT2D eigenvalue weighted by molar-refractivity contribution is -0.126. The third kappa shape index (κ3) is 4.24. The number of amides is 1. The zero-order valence-electron chi connectivity index (χ0n) is 12.3. The van der Waals surface area contributed by atoms with E-state index >= 15 is 0 Å². The molecular formula is C18H16N2OS. The van der Waals surface area contributed by atoms with Crippen LogP contribution in [-0.4, -0.2) is 10.8 Å². The minimum Gasteiger partial charge on any atom is -0.307 e. The third-order valence-corrected chi connectivity index (χ3v) is 3.59. The maximum Gasteiger partial charge on any atom is 0.224 e. The molecule has 0 atom stereocenters. The highest BCUT2D eigenvalue weighted by atomic mass is 32.2. The zero-order chi connectivity index (χ0) is 15.8. The summed E-state index contributed by atoms with van der Waals surface area (Å²) in [7, 11) is 0. The lowest BCUT2D eigenvalue weighted by Crippen LogP contribution is -2.26. The van der Waals surface area contributed by atoms with Crippen LogP contribution in [0.15, 0.2) is 66.1 Å². The van der Waals surface area contributed by atoms with Crippen molar-refractivity contribution in [1.82, 2.24) is 4.90 Å². The highest BCUT2D eigenvalue weighted by molar-refractivity contribution is 8.06. The lowest BCUT2D eigenvalue weighted by Gasteiger charge is -2.24. The van der Waals surface area contributed by atoms with Crippen LogP contribution in [-0.2, 0) is 11.3 Å². The average molecular weight is 308 g/mol. The maximum atomic E-state index is 12.1. The van der Waals surface area contributed by atoms with Gasteiger partial charge in [-0.25, -0.2) is 0 Å². The first kappa shape index (κ1) is 15.9. The number of hydrogen-bond donors (Lipinski definition) is 0. The second-order valence-corrected chi connectivity index (χ2v) is 5.32. The molecule has 2 aromatic carbocycles. The van der Waals surface area contributed by atoms with Crippen LogP contribution in [0.2, 0.25) is 0 Å². The monoisotopic (exact) mass is 308 g/mol. The molecule has 2 rings (SSSR count). The fourth-order valence-electron chi connectivity index (χ4n) is 2.11. The van der Waals surface area contributed by atoms with Gasteiger partial charge in [0.05, 0.1) is 12.2 Å². The van der Waals surface area contributed by atoms with E-state index in [1.165, 1.54) is 6.92 Å². The Kier molecular flexibility index (Phi) is 5.81. The molecular weight excluding hydrogens is 292 g/mol. The van der Waals surface area contributed by atoms with Gasteiger partial charge in [0.15, 0.2) is 0 Å². The molecule has 0 fully saturated rings. The van der Waals surface area contributed by atoms with Crippen LogP contribution in [0.4, 0.5) is 0 Å². The molecule has 22 heavy (non-hydrogen) atoms. The van der Waals surface area contributed by atoms with Crippen molar-refractivity contribution in [2.75, 3.05) is 0 Å².